The van der Waals surface area contributed by atoms with Gasteiger partial charge in [-0.05, 0) is 43.9 Å². The summed E-state index contributed by atoms with van der Waals surface area (Å²) in [4.78, 5) is 11.0. The Kier molecular flexibility index (Phi) is 7.83. The molecular formula is C17H27NO3. The number of carboxylic acids is 1. The summed E-state index contributed by atoms with van der Waals surface area (Å²) in [7, 11) is 0. The molecule has 0 aliphatic heterocycles. The van der Waals surface area contributed by atoms with Gasteiger partial charge in [-0.3, -0.25) is 4.79 Å². The van der Waals surface area contributed by atoms with E-state index in [0.29, 0.717) is 12.5 Å². The van der Waals surface area contributed by atoms with Crippen LogP contribution in [-0.4, -0.2) is 29.8 Å². The molecule has 0 aliphatic carbocycles. The summed E-state index contributed by atoms with van der Waals surface area (Å²) in [5, 5.41) is 12.4. The van der Waals surface area contributed by atoms with Crippen molar-refractivity contribution in [3.63, 3.8) is 0 Å². The zero-order chi connectivity index (χ0) is 15.7. The highest BCUT2D eigenvalue weighted by molar-refractivity contribution is 5.67. The summed E-state index contributed by atoms with van der Waals surface area (Å²) in [5.74, 6) is 0.101. The predicted octanol–water partition coefficient (Wildman–Crippen LogP) is 3.25. The van der Waals surface area contributed by atoms with Gasteiger partial charge in [-0.15, -0.1) is 0 Å². The maximum atomic E-state index is 11.0. The van der Waals surface area contributed by atoms with Crippen LogP contribution in [-0.2, 0) is 11.2 Å². The molecule has 0 aliphatic rings. The molecule has 4 heteroatoms. The lowest BCUT2D eigenvalue weighted by Crippen LogP contribution is -2.39. The molecule has 1 rings (SSSR count). The SMILES string of the molecule is CCCOc1ccc(CC(CC(=O)O)NC(C)CC)cc1. The van der Waals surface area contributed by atoms with Crippen LogP contribution in [0.5, 0.6) is 5.75 Å². The van der Waals surface area contributed by atoms with Crippen LogP contribution >= 0.6 is 0 Å². The number of hydrogen-bond donors (Lipinski definition) is 2. The van der Waals surface area contributed by atoms with Gasteiger partial charge in [-0.25, -0.2) is 0 Å². The first-order valence-corrected chi connectivity index (χ1v) is 7.74. The molecule has 0 bridgehead atoms. The second kappa shape index (κ2) is 9.40. The van der Waals surface area contributed by atoms with Crippen molar-refractivity contribution in [2.75, 3.05) is 6.61 Å². The molecule has 0 saturated carbocycles. The van der Waals surface area contributed by atoms with Crippen molar-refractivity contribution in [1.82, 2.24) is 5.32 Å². The standard InChI is InChI=1S/C17H27NO3/c1-4-10-21-16-8-6-14(7-9-16)11-15(12-17(19)20)18-13(3)5-2/h6-9,13,15,18H,4-5,10-12H2,1-3H3,(H,19,20). The van der Waals surface area contributed by atoms with E-state index in [4.69, 9.17) is 9.84 Å². The normalized spacial score (nSPS) is 13.7. The van der Waals surface area contributed by atoms with E-state index in [0.717, 1.165) is 30.8 Å². The lowest BCUT2D eigenvalue weighted by molar-refractivity contribution is -0.137. The summed E-state index contributed by atoms with van der Waals surface area (Å²) in [6.07, 6.45) is 2.82. The lowest BCUT2D eigenvalue weighted by Gasteiger charge is -2.21. The molecule has 0 radical (unpaired) electrons. The Bertz CT molecular complexity index is 417. The van der Waals surface area contributed by atoms with Crippen molar-refractivity contribution in [3.8, 4) is 5.75 Å². The Morgan fingerprint density at radius 1 is 1.29 bits per heavy atom. The van der Waals surface area contributed by atoms with Gasteiger partial charge in [0.2, 0.25) is 0 Å². The maximum Gasteiger partial charge on any atom is 0.304 e. The summed E-state index contributed by atoms with van der Waals surface area (Å²) < 4.78 is 5.55. The summed E-state index contributed by atoms with van der Waals surface area (Å²) >= 11 is 0. The van der Waals surface area contributed by atoms with E-state index in [2.05, 4.69) is 26.1 Å². The topological polar surface area (TPSA) is 58.6 Å². The average molecular weight is 293 g/mol. The van der Waals surface area contributed by atoms with Crippen molar-refractivity contribution in [2.24, 2.45) is 0 Å². The third-order valence-corrected chi connectivity index (χ3v) is 3.43. The molecule has 21 heavy (non-hydrogen) atoms. The van der Waals surface area contributed by atoms with Crippen LogP contribution in [0.25, 0.3) is 0 Å². The van der Waals surface area contributed by atoms with Crippen molar-refractivity contribution in [3.05, 3.63) is 29.8 Å². The first kappa shape index (κ1) is 17.5. The summed E-state index contributed by atoms with van der Waals surface area (Å²) in [5.41, 5.74) is 1.13. The van der Waals surface area contributed by atoms with E-state index in [1.807, 2.05) is 24.3 Å². The number of rotatable bonds is 10. The second-order valence-electron chi connectivity index (χ2n) is 5.47. The van der Waals surface area contributed by atoms with Gasteiger partial charge in [0.1, 0.15) is 5.75 Å². The van der Waals surface area contributed by atoms with E-state index < -0.39 is 5.97 Å². The van der Waals surface area contributed by atoms with Gasteiger partial charge in [0.05, 0.1) is 13.0 Å². The number of benzene rings is 1. The number of carbonyl (C=O) groups is 1. The van der Waals surface area contributed by atoms with Crippen molar-refractivity contribution >= 4 is 5.97 Å². The van der Waals surface area contributed by atoms with Gasteiger partial charge in [0.25, 0.3) is 0 Å². The number of nitrogens with one attached hydrogen (secondary N) is 1. The molecule has 0 saturated heterocycles. The largest absolute Gasteiger partial charge is 0.494 e. The highest BCUT2D eigenvalue weighted by Gasteiger charge is 2.15. The zero-order valence-electron chi connectivity index (χ0n) is 13.3. The maximum absolute atomic E-state index is 11.0. The van der Waals surface area contributed by atoms with Crippen LogP contribution in [0, 0.1) is 0 Å². The molecule has 0 aromatic heterocycles. The van der Waals surface area contributed by atoms with Gasteiger partial charge in [0.15, 0.2) is 0 Å². The number of hydrogen-bond acceptors (Lipinski definition) is 3. The van der Waals surface area contributed by atoms with E-state index in [9.17, 15) is 4.79 Å². The Labute approximate surface area is 127 Å². The monoisotopic (exact) mass is 293 g/mol. The minimum Gasteiger partial charge on any atom is -0.494 e. The van der Waals surface area contributed by atoms with E-state index in [1.54, 1.807) is 0 Å². The Hall–Kier alpha value is -1.55. The molecule has 0 amide bonds. The fraction of sp³-hybridized carbons (Fsp3) is 0.588. The van der Waals surface area contributed by atoms with Crippen LogP contribution in [0.15, 0.2) is 24.3 Å². The lowest BCUT2D eigenvalue weighted by atomic mass is 10.0. The first-order chi connectivity index (χ1) is 10.0. The molecule has 2 N–H and O–H groups in total. The highest BCUT2D eigenvalue weighted by atomic mass is 16.5. The van der Waals surface area contributed by atoms with Gasteiger partial charge >= 0.3 is 5.97 Å². The van der Waals surface area contributed by atoms with E-state index in [-0.39, 0.29) is 12.5 Å². The molecule has 0 fully saturated rings. The number of ether oxygens (including phenoxy) is 1. The molecule has 0 heterocycles. The van der Waals surface area contributed by atoms with Crippen LogP contribution in [0.3, 0.4) is 0 Å². The molecule has 4 nitrogen and oxygen atoms in total. The third-order valence-electron chi connectivity index (χ3n) is 3.43. The molecule has 1 aromatic carbocycles. The van der Waals surface area contributed by atoms with Gasteiger partial charge < -0.3 is 15.2 Å². The van der Waals surface area contributed by atoms with Gasteiger partial charge in [-0.2, -0.15) is 0 Å². The smallest absolute Gasteiger partial charge is 0.304 e. The summed E-state index contributed by atoms with van der Waals surface area (Å²) in [6.45, 7) is 6.97. The second-order valence-corrected chi connectivity index (χ2v) is 5.47. The van der Waals surface area contributed by atoms with Gasteiger partial charge in [0, 0.05) is 12.1 Å². The molecule has 118 valence electrons. The zero-order valence-corrected chi connectivity index (χ0v) is 13.3. The first-order valence-electron chi connectivity index (χ1n) is 7.74. The average Bonchev–Trinajstić information content (AvgIpc) is 2.45. The molecular weight excluding hydrogens is 266 g/mol. The van der Waals surface area contributed by atoms with Crippen molar-refractivity contribution in [1.29, 1.82) is 0 Å². The Morgan fingerprint density at radius 3 is 2.48 bits per heavy atom. The van der Waals surface area contributed by atoms with Crippen LogP contribution in [0.2, 0.25) is 0 Å². The third kappa shape index (κ3) is 7.14. The Morgan fingerprint density at radius 2 is 1.95 bits per heavy atom. The van der Waals surface area contributed by atoms with Crippen molar-refractivity contribution < 1.29 is 14.6 Å². The minimum absolute atomic E-state index is 0.0418. The van der Waals surface area contributed by atoms with Crippen LogP contribution in [0.1, 0.15) is 45.6 Å². The minimum atomic E-state index is -0.765. The van der Waals surface area contributed by atoms with Crippen molar-refractivity contribution in [2.45, 2.75) is 58.5 Å². The molecule has 0 spiro atoms. The Balaban J connectivity index is 2.62. The number of aliphatic carboxylic acids is 1. The predicted molar refractivity (Wildman–Crippen MR) is 84.9 cm³/mol. The van der Waals surface area contributed by atoms with Gasteiger partial charge in [-0.1, -0.05) is 26.0 Å². The highest BCUT2D eigenvalue weighted by Crippen LogP contribution is 2.15. The summed E-state index contributed by atoms with van der Waals surface area (Å²) in [6, 6.07) is 8.20. The number of carboxylic acid groups (broad SMARTS) is 1. The molecule has 2 unspecified atom stereocenters. The van der Waals surface area contributed by atoms with Crippen LogP contribution < -0.4 is 10.1 Å². The van der Waals surface area contributed by atoms with Crippen LogP contribution in [0.4, 0.5) is 0 Å². The van der Waals surface area contributed by atoms with E-state index >= 15 is 0 Å². The molecule has 2 atom stereocenters. The van der Waals surface area contributed by atoms with E-state index in [1.165, 1.54) is 0 Å². The fourth-order valence-electron chi connectivity index (χ4n) is 2.15. The quantitative estimate of drug-likeness (QED) is 0.695. The fourth-order valence-corrected chi connectivity index (χ4v) is 2.15. The molecule has 1 aromatic rings.